The molecule has 1 heterocycles. The molecule has 0 unspecified atom stereocenters. The fourth-order valence-electron chi connectivity index (χ4n) is 2.37. The van der Waals surface area contributed by atoms with Crippen molar-refractivity contribution >= 4 is 5.78 Å². The minimum atomic E-state index is 0.176. The van der Waals surface area contributed by atoms with Crippen LogP contribution < -0.4 is 4.74 Å². The molecule has 0 fully saturated rings. The highest BCUT2D eigenvalue weighted by Gasteiger charge is 2.16. The molecule has 3 heteroatoms. The van der Waals surface area contributed by atoms with E-state index in [2.05, 4.69) is 0 Å². The van der Waals surface area contributed by atoms with Crippen molar-refractivity contribution in [2.75, 3.05) is 27.2 Å². The van der Waals surface area contributed by atoms with Crippen molar-refractivity contribution in [1.29, 1.82) is 0 Å². The van der Waals surface area contributed by atoms with Crippen LogP contribution in [0.5, 0.6) is 5.75 Å². The third-order valence-electron chi connectivity index (χ3n) is 3.22. The molecule has 0 amide bonds. The van der Waals surface area contributed by atoms with Crippen LogP contribution in [0.2, 0.25) is 0 Å². The number of carbonyl (C=O) groups excluding carboxylic acids is 1. The number of carbonyl (C=O) groups is 1. The molecule has 0 aromatic heterocycles. The zero-order valence-corrected chi connectivity index (χ0v) is 11.5. The van der Waals surface area contributed by atoms with Gasteiger partial charge in [0.2, 0.25) is 0 Å². The molecule has 1 aliphatic heterocycles. The normalized spacial score (nSPS) is 14.9. The number of Topliss-reactive ketones (excluding diaryl/α,β-unsaturated/α-hetero) is 1. The van der Waals surface area contributed by atoms with Crippen LogP contribution in [0, 0.1) is 6.92 Å². The third kappa shape index (κ3) is 2.91. The number of nitrogens with zero attached hydrogens (tertiary/aromatic N) is 1. The molecule has 98 valence electrons. The van der Waals surface area contributed by atoms with Crippen LogP contribution in [-0.4, -0.2) is 37.9 Å². The summed E-state index contributed by atoms with van der Waals surface area (Å²) in [5.74, 6) is 1.17. The molecule has 0 radical (unpaired) electrons. The second kappa shape index (κ2) is 5.53. The Morgan fingerprint density at radius 1 is 1.33 bits per heavy atom. The Labute approximate surface area is 109 Å². The Morgan fingerprint density at radius 3 is 2.83 bits per heavy atom. The van der Waals surface area contributed by atoms with Gasteiger partial charge in [-0.3, -0.25) is 4.79 Å². The van der Waals surface area contributed by atoms with Crippen molar-refractivity contribution in [1.82, 2.24) is 4.90 Å². The van der Waals surface area contributed by atoms with Crippen LogP contribution in [0.4, 0.5) is 0 Å². The lowest BCUT2D eigenvalue weighted by atomic mass is 9.99. The first-order chi connectivity index (χ1) is 8.58. The molecule has 0 saturated heterocycles. The topological polar surface area (TPSA) is 29.5 Å². The summed E-state index contributed by atoms with van der Waals surface area (Å²) in [6.07, 6.45) is 3.24. The molecule has 0 bridgehead atoms. The molecular formula is C15H21NO2. The molecule has 18 heavy (non-hydrogen) atoms. The van der Waals surface area contributed by atoms with Crippen molar-refractivity contribution in [2.45, 2.75) is 26.2 Å². The highest BCUT2D eigenvalue weighted by molar-refractivity contribution is 5.98. The van der Waals surface area contributed by atoms with E-state index in [1.807, 2.05) is 38.1 Å². The van der Waals surface area contributed by atoms with Gasteiger partial charge in [0.15, 0.2) is 5.78 Å². The first-order valence-electron chi connectivity index (χ1n) is 6.52. The Morgan fingerprint density at radius 2 is 2.11 bits per heavy atom. The summed E-state index contributed by atoms with van der Waals surface area (Å²) in [7, 11) is 3.83. The number of ether oxygens (including phenoxy) is 1. The SMILES string of the molecule is Cc1cc(C(=O)CN(C)C)cc2c1OCCCC2. The van der Waals surface area contributed by atoms with E-state index in [4.69, 9.17) is 4.74 Å². The monoisotopic (exact) mass is 247 g/mol. The summed E-state index contributed by atoms with van der Waals surface area (Å²) in [6.45, 7) is 3.27. The number of ketones is 1. The molecule has 0 N–H and O–H groups in total. The quantitative estimate of drug-likeness (QED) is 0.768. The zero-order valence-electron chi connectivity index (χ0n) is 11.5. The van der Waals surface area contributed by atoms with E-state index in [1.165, 1.54) is 5.56 Å². The van der Waals surface area contributed by atoms with E-state index < -0.39 is 0 Å². The number of hydrogen-bond donors (Lipinski definition) is 0. The smallest absolute Gasteiger partial charge is 0.176 e. The van der Waals surface area contributed by atoms with Gasteiger partial charge in [-0.05, 0) is 63.5 Å². The van der Waals surface area contributed by atoms with Crippen molar-refractivity contribution in [3.8, 4) is 5.75 Å². The molecular weight excluding hydrogens is 226 g/mol. The summed E-state index contributed by atoms with van der Waals surface area (Å²) < 4.78 is 5.77. The van der Waals surface area contributed by atoms with Gasteiger partial charge in [0.1, 0.15) is 5.75 Å². The molecule has 1 aromatic carbocycles. The van der Waals surface area contributed by atoms with Gasteiger partial charge in [-0.2, -0.15) is 0 Å². The lowest BCUT2D eigenvalue weighted by Crippen LogP contribution is -2.22. The van der Waals surface area contributed by atoms with Crippen LogP contribution in [0.1, 0.15) is 34.3 Å². The largest absolute Gasteiger partial charge is 0.493 e. The maximum Gasteiger partial charge on any atom is 0.176 e. The second-order valence-electron chi connectivity index (χ2n) is 5.25. The number of benzene rings is 1. The van der Waals surface area contributed by atoms with Crippen molar-refractivity contribution in [3.63, 3.8) is 0 Å². The van der Waals surface area contributed by atoms with Gasteiger partial charge >= 0.3 is 0 Å². The van der Waals surface area contributed by atoms with Crippen molar-refractivity contribution in [2.24, 2.45) is 0 Å². The van der Waals surface area contributed by atoms with E-state index in [0.717, 1.165) is 42.7 Å². The zero-order chi connectivity index (χ0) is 13.1. The molecule has 0 aliphatic carbocycles. The number of aryl methyl sites for hydroxylation is 2. The molecule has 1 aromatic rings. The van der Waals surface area contributed by atoms with E-state index in [1.54, 1.807) is 0 Å². The minimum Gasteiger partial charge on any atom is -0.493 e. The van der Waals surface area contributed by atoms with Crippen LogP contribution in [0.3, 0.4) is 0 Å². The first-order valence-corrected chi connectivity index (χ1v) is 6.52. The highest BCUT2D eigenvalue weighted by Crippen LogP contribution is 2.29. The summed E-state index contributed by atoms with van der Waals surface area (Å²) in [4.78, 5) is 14.0. The molecule has 3 nitrogen and oxygen atoms in total. The van der Waals surface area contributed by atoms with E-state index in [9.17, 15) is 4.79 Å². The first kappa shape index (κ1) is 13.1. The Bertz CT molecular complexity index is 452. The molecule has 2 rings (SSSR count). The summed E-state index contributed by atoms with van der Waals surface area (Å²) in [5.41, 5.74) is 3.08. The molecule has 0 saturated carbocycles. The van der Waals surface area contributed by atoms with Crippen molar-refractivity contribution < 1.29 is 9.53 Å². The molecule has 1 aliphatic rings. The van der Waals surface area contributed by atoms with Crippen LogP contribution >= 0.6 is 0 Å². The van der Waals surface area contributed by atoms with Gasteiger partial charge in [0.05, 0.1) is 13.2 Å². The Kier molecular flexibility index (Phi) is 4.02. The van der Waals surface area contributed by atoms with Gasteiger partial charge in [0.25, 0.3) is 0 Å². The second-order valence-corrected chi connectivity index (χ2v) is 5.25. The lowest BCUT2D eigenvalue weighted by molar-refractivity contribution is 0.0957. The summed E-state index contributed by atoms with van der Waals surface area (Å²) in [6, 6.07) is 3.97. The molecule has 0 atom stereocenters. The van der Waals surface area contributed by atoms with Crippen molar-refractivity contribution in [3.05, 3.63) is 28.8 Å². The summed E-state index contributed by atoms with van der Waals surface area (Å²) in [5, 5.41) is 0. The highest BCUT2D eigenvalue weighted by atomic mass is 16.5. The third-order valence-corrected chi connectivity index (χ3v) is 3.22. The van der Waals surface area contributed by atoms with Crippen LogP contribution in [0.25, 0.3) is 0 Å². The van der Waals surface area contributed by atoms with E-state index in [0.29, 0.717) is 6.54 Å². The number of likely N-dealkylation sites (N-methyl/N-ethyl adjacent to an activating group) is 1. The summed E-state index contributed by atoms with van der Waals surface area (Å²) >= 11 is 0. The Hall–Kier alpha value is -1.35. The average molecular weight is 247 g/mol. The fourth-order valence-corrected chi connectivity index (χ4v) is 2.37. The molecule has 0 spiro atoms. The number of fused-ring (bicyclic) bond motifs is 1. The minimum absolute atomic E-state index is 0.176. The van der Waals surface area contributed by atoms with Gasteiger partial charge in [-0.15, -0.1) is 0 Å². The standard InChI is InChI=1S/C15H21NO2/c1-11-8-13(14(17)10-16(2)3)9-12-6-4-5-7-18-15(11)12/h8-9H,4-7,10H2,1-3H3. The van der Waals surface area contributed by atoms with E-state index in [-0.39, 0.29) is 5.78 Å². The maximum atomic E-state index is 12.1. The number of hydrogen-bond acceptors (Lipinski definition) is 3. The lowest BCUT2D eigenvalue weighted by Gasteiger charge is -2.14. The fraction of sp³-hybridized carbons (Fsp3) is 0.533. The van der Waals surface area contributed by atoms with Crippen LogP contribution in [0.15, 0.2) is 12.1 Å². The predicted molar refractivity (Wildman–Crippen MR) is 72.5 cm³/mol. The predicted octanol–water partition coefficient (Wildman–Crippen LogP) is 2.45. The number of rotatable bonds is 3. The van der Waals surface area contributed by atoms with Gasteiger partial charge in [-0.25, -0.2) is 0 Å². The van der Waals surface area contributed by atoms with Crippen LogP contribution in [-0.2, 0) is 6.42 Å². The maximum absolute atomic E-state index is 12.1. The van der Waals surface area contributed by atoms with Gasteiger partial charge in [0, 0.05) is 5.56 Å². The van der Waals surface area contributed by atoms with Gasteiger partial charge in [-0.1, -0.05) is 0 Å². The van der Waals surface area contributed by atoms with E-state index >= 15 is 0 Å². The van der Waals surface area contributed by atoms with Gasteiger partial charge < -0.3 is 9.64 Å². The Balaban J connectivity index is 2.31. The average Bonchev–Trinajstić information content (AvgIpc) is 2.53.